The van der Waals surface area contributed by atoms with E-state index in [0.29, 0.717) is 11.9 Å². The number of nitrogens with one attached hydrogen (secondary N) is 2. The Kier molecular flexibility index (Phi) is 3.31. The highest BCUT2D eigenvalue weighted by Gasteiger charge is 2.25. The lowest BCUT2D eigenvalue weighted by Gasteiger charge is -2.11. The van der Waals surface area contributed by atoms with Crippen molar-refractivity contribution in [2.45, 2.75) is 32.6 Å². The molecule has 3 heterocycles. The maximum atomic E-state index is 4.87. The molecular formula is C20H20N6. The lowest BCUT2D eigenvalue weighted by molar-refractivity contribution is 0.964. The van der Waals surface area contributed by atoms with Crippen LogP contribution >= 0.6 is 0 Å². The molecule has 5 rings (SSSR count). The smallest absolute Gasteiger partial charge is 0.214 e. The van der Waals surface area contributed by atoms with E-state index in [1.807, 2.05) is 16.7 Å². The molecule has 0 unspecified atom stereocenters. The summed E-state index contributed by atoms with van der Waals surface area (Å²) in [5.41, 5.74) is 6.57. The normalized spacial score (nSPS) is 14.1. The van der Waals surface area contributed by atoms with Gasteiger partial charge in [-0.1, -0.05) is 18.2 Å². The van der Waals surface area contributed by atoms with Gasteiger partial charge in [0, 0.05) is 41.7 Å². The molecule has 1 saturated carbocycles. The summed E-state index contributed by atoms with van der Waals surface area (Å²) < 4.78 is 1.94. The number of benzene rings is 1. The Morgan fingerprint density at radius 1 is 1.19 bits per heavy atom. The van der Waals surface area contributed by atoms with Gasteiger partial charge in [0.25, 0.3) is 0 Å². The topological polar surface area (TPSA) is 70.9 Å². The number of aromatic amines is 1. The van der Waals surface area contributed by atoms with E-state index < -0.39 is 0 Å². The first-order chi connectivity index (χ1) is 12.7. The number of nitrogens with zero attached hydrogens (tertiary/aromatic N) is 4. The van der Waals surface area contributed by atoms with Crippen LogP contribution in [0.1, 0.15) is 35.6 Å². The molecule has 2 N–H and O–H groups in total. The van der Waals surface area contributed by atoms with Crippen LogP contribution in [-0.2, 0) is 0 Å². The molecule has 0 saturated heterocycles. The Bertz CT molecular complexity index is 1100. The maximum Gasteiger partial charge on any atom is 0.214 e. The number of aryl methyl sites for hydroxylation is 1. The van der Waals surface area contributed by atoms with Crippen molar-refractivity contribution in [2.24, 2.45) is 0 Å². The second-order valence-electron chi connectivity index (χ2n) is 6.98. The third-order valence-electron chi connectivity index (χ3n) is 5.13. The van der Waals surface area contributed by atoms with Gasteiger partial charge in [0.15, 0.2) is 5.82 Å². The third-order valence-corrected chi connectivity index (χ3v) is 5.13. The van der Waals surface area contributed by atoms with E-state index in [1.54, 1.807) is 6.20 Å². The van der Waals surface area contributed by atoms with E-state index in [9.17, 15) is 0 Å². The van der Waals surface area contributed by atoms with E-state index in [-0.39, 0.29) is 0 Å². The highest BCUT2D eigenvalue weighted by molar-refractivity contribution is 5.70. The van der Waals surface area contributed by atoms with Crippen LogP contribution in [0.3, 0.4) is 0 Å². The summed E-state index contributed by atoms with van der Waals surface area (Å²) in [4.78, 5) is 9.33. The number of anilines is 2. The number of aromatic nitrogens is 5. The molecule has 26 heavy (non-hydrogen) atoms. The van der Waals surface area contributed by atoms with Gasteiger partial charge in [-0.25, -0.2) is 9.97 Å². The van der Waals surface area contributed by atoms with Crippen molar-refractivity contribution in [2.75, 3.05) is 5.32 Å². The van der Waals surface area contributed by atoms with Gasteiger partial charge in [0.05, 0.1) is 5.69 Å². The van der Waals surface area contributed by atoms with E-state index >= 15 is 0 Å². The predicted molar refractivity (Wildman–Crippen MR) is 102 cm³/mol. The average Bonchev–Trinajstić information content (AvgIpc) is 3.19. The quantitative estimate of drug-likeness (QED) is 0.577. The summed E-state index contributed by atoms with van der Waals surface area (Å²) in [6.45, 7) is 4.25. The van der Waals surface area contributed by atoms with Crippen LogP contribution in [0.2, 0.25) is 0 Å². The molecule has 3 aromatic heterocycles. The minimum Gasteiger partial charge on any atom is -0.308 e. The van der Waals surface area contributed by atoms with Crippen molar-refractivity contribution in [3.05, 3.63) is 59.5 Å². The average molecular weight is 344 g/mol. The van der Waals surface area contributed by atoms with E-state index in [1.165, 1.54) is 29.7 Å². The van der Waals surface area contributed by atoms with Crippen molar-refractivity contribution < 1.29 is 0 Å². The molecule has 0 radical (unpaired) electrons. The van der Waals surface area contributed by atoms with Crippen molar-refractivity contribution in [1.82, 2.24) is 24.6 Å². The fourth-order valence-corrected chi connectivity index (χ4v) is 3.30. The molecule has 1 fully saturated rings. The first-order valence-corrected chi connectivity index (χ1v) is 8.92. The lowest BCUT2D eigenvalue weighted by Crippen LogP contribution is -2.03. The van der Waals surface area contributed by atoms with Gasteiger partial charge in [-0.05, 0) is 37.8 Å². The molecule has 6 nitrogen and oxygen atoms in total. The van der Waals surface area contributed by atoms with Gasteiger partial charge in [0.2, 0.25) is 5.95 Å². The first kappa shape index (κ1) is 15.1. The second kappa shape index (κ2) is 5.69. The van der Waals surface area contributed by atoms with Crippen LogP contribution in [0.4, 0.5) is 11.8 Å². The number of hydrogen-bond acceptors (Lipinski definition) is 4. The lowest BCUT2D eigenvalue weighted by atomic mass is 10.0. The van der Waals surface area contributed by atoms with E-state index in [2.05, 4.69) is 58.6 Å². The molecule has 0 atom stereocenters. The molecule has 0 bridgehead atoms. The molecule has 0 aliphatic heterocycles. The standard InChI is InChI=1S/C20H20N6/c1-12-4-3-5-15(13(12)2)17-11-19-21-8-9-26(19)20(22-17)23-18-10-16(24-25-18)14-6-7-14/h3-5,8-11,14H,6-7H2,1-2H3,(H2,22,23,24,25). The van der Waals surface area contributed by atoms with Gasteiger partial charge in [-0.3, -0.25) is 9.50 Å². The predicted octanol–water partition coefficient (Wildman–Crippen LogP) is 4.36. The van der Waals surface area contributed by atoms with Crippen LogP contribution in [0.25, 0.3) is 16.9 Å². The highest BCUT2D eigenvalue weighted by Crippen LogP contribution is 2.39. The van der Waals surface area contributed by atoms with Crippen LogP contribution in [0, 0.1) is 13.8 Å². The fraction of sp³-hybridized carbons (Fsp3) is 0.250. The minimum absolute atomic E-state index is 0.639. The number of imidazole rings is 1. The molecular weight excluding hydrogens is 324 g/mol. The molecule has 1 aliphatic rings. The Balaban J connectivity index is 1.59. The summed E-state index contributed by atoms with van der Waals surface area (Å²) in [5.74, 6) is 2.14. The second-order valence-corrected chi connectivity index (χ2v) is 6.98. The monoisotopic (exact) mass is 344 g/mol. The molecule has 1 aliphatic carbocycles. The largest absolute Gasteiger partial charge is 0.308 e. The van der Waals surface area contributed by atoms with Crippen molar-refractivity contribution in [3.63, 3.8) is 0 Å². The van der Waals surface area contributed by atoms with Crippen LogP contribution in [0.5, 0.6) is 0 Å². The Morgan fingerprint density at radius 3 is 2.92 bits per heavy atom. The summed E-state index contributed by atoms with van der Waals surface area (Å²) in [5, 5.41) is 10.9. The summed E-state index contributed by atoms with van der Waals surface area (Å²) in [6.07, 6.45) is 6.18. The first-order valence-electron chi connectivity index (χ1n) is 8.92. The van der Waals surface area contributed by atoms with Crippen LogP contribution in [0.15, 0.2) is 42.7 Å². The Labute approximate surface area is 151 Å². The van der Waals surface area contributed by atoms with Crippen molar-refractivity contribution in [1.29, 1.82) is 0 Å². The molecule has 6 heteroatoms. The van der Waals surface area contributed by atoms with Crippen LogP contribution in [-0.4, -0.2) is 24.6 Å². The molecule has 0 amide bonds. The molecule has 130 valence electrons. The number of rotatable bonds is 4. The third kappa shape index (κ3) is 2.54. The maximum absolute atomic E-state index is 4.87. The zero-order chi connectivity index (χ0) is 17.7. The Morgan fingerprint density at radius 2 is 2.08 bits per heavy atom. The van der Waals surface area contributed by atoms with Crippen molar-refractivity contribution in [3.8, 4) is 11.3 Å². The Hall–Kier alpha value is -3.15. The number of hydrogen-bond donors (Lipinski definition) is 2. The number of fused-ring (bicyclic) bond motifs is 1. The molecule has 0 spiro atoms. The van der Waals surface area contributed by atoms with Gasteiger partial charge in [-0.15, -0.1) is 0 Å². The van der Waals surface area contributed by atoms with Gasteiger partial charge >= 0.3 is 0 Å². The van der Waals surface area contributed by atoms with Crippen molar-refractivity contribution >= 4 is 17.4 Å². The zero-order valence-electron chi connectivity index (χ0n) is 14.8. The van der Waals surface area contributed by atoms with Crippen LogP contribution < -0.4 is 5.32 Å². The van der Waals surface area contributed by atoms with E-state index in [0.717, 1.165) is 22.7 Å². The summed E-state index contributed by atoms with van der Waals surface area (Å²) >= 11 is 0. The SMILES string of the molecule is Cc1cccc(-c2cc3nccn3c(Nc3cc(C4CC4)[nH]n3)n2)c1C. The van der Waals surface area contributed by atoms with E-state index in [4.69, 9.17) is 4.98 Å². The van der Waals surface area contributed by atoms with Gasteiger partial charge in [-0.2, -0.15) is 5.10 Å². The zero-order valence-corrected chi connectivity index (χ0v) is 14.8. The van der Waals surface area contributed by atoms with Gasteiger partial charge < -0.3 is 5.32 Å². The summed E-state index contributed by atoms with van der Waals surface area (Å²) in [7, 11) is 0. The summed E-state index contributed by atoms with van der Waals surface area (Å²) in [6, 6.07) is 10.4. The fourth-order valence-electron chi connectivity index (χ4n) is 3.30. The number of H-pyrrole nitrogens is 1. The molecule has 4 aromatic rings. The van der Waals surface area contributed by atoms with Gasteiger partial charge in [0.1, 0.15) is 5.65 Å². The minimum atomic E-state index is 0.639. The molecule has 1 aromatic carbocycles. The highest BCUT2D eigenvalue weighted by atomic mass is 15.3.